The highest BCUT2D eigenvalue weighted by molar-refractivity contribution is 5.97. The van der Waals surface area contributed by atoms with E-state index in [1.807, 2.05) is 19.9 Å². The molecule has 3 N–H and O–H groups in total. The van der Waals surface area contributed by atoms with E-state index in [9.17, 15) is 0 Å². The minimum absolute atomic E-state index is 0.518. The smallest absolute Gasteiger partial charge is 0.0793 e. The van der Waals surface area contributed by atoms with E-state index in [0.29, 0.717) is 12.5 Å². The second kappa shape index (κ2) is 11.1. The van der Waals surface area contributed by atoms with Crippen LogP contribution in [0.25, 0.3) is 0 Å². The molecule has 3 nitrogen and oxygen atoms in total. The van der Waals surface area contributed by atoms with Crippen molar-refractivity contribution in [1.29, 1.82) is 10.8 Å². The van der Waals surface area contributed by atoms with E-state index < -0.39 is 0 Å². The molecule has 0 saturated heterocycles. The fraction of sp³-hybridized carbons (Fsp3) is 0.556. The summed E-state index contributed by atoms with van der Waals surface area (Å²) in [6.45, 7) is 11.2. The topological polar surface area (TPSA) is 59.7 Å². The van der Waals surface area contributed by atoms with Gasteiger partial charge in [-0.2, -0.15) is 0 Å². The predicted octanol–water partition coefficient (Wildman–Crippen LogP) is 4.87. The average Bonchev–Trinajstić information content (AvgIpc) is 2.50. The molecule has 0 amide bonds. The monoisotopic (exact) mass is 289 g/mol. The Morgan fingerprint density at radius 3 is 2.43 bits per heavy atom. The van der Waals surface area contributed by atoms with Crippen molar-refractivity contribution in [3.8, 4) is 0 Å². The molecule has 118 valence electrons. The molecule has 0 spiro atoms. The van der Waals surface area contributed by atoms with Crippen molar-refractivity contribution in [2.45, 2.75) is 53.9 Å². The van der Waals surface area contributed by atoms with Crippen molar-refractivity contribution < 1.29 is 0 Å². The van der Waals surface area contributed by atoms with Crippen LogP contribution in [0.3, 0.4) is 0 Å². The molecule has 0 bridgehead atoms. The first-order chi connectivity index (χ1) is 9.96. The van der Waals surface area contributed by atoms with Crippen molar-refractivity contribution in [1.82, 2.24) is 5.32 Å². The number of allylic oxidation sites excluding steroid dienone is 5. The first-order valence-electron chi connectivity index (χ1n) is 7.76. The summed E-state index contributed by atoms with van der Waals surface area (Å²) in [7, 11) is 0. The lowest BCUT2D eigenvalue weighted by Crippen LogP contribution is -2.11. The summed E-state index contributed by atoms with van der Waals surface area (Å²) in [5.74, 6) is 0.518. The Bertz CT molecular complexity index is 428. The second-order valence-electron chi connectivity index (χ2n) is 5.51. The minimum atomic E-state index is 0.518. The van der Waals surface area contributed by atoms with Gasteiger partial charge >= 0.3 is 0 Å². The highest BCUT2D eigenvalue weighted by atomic mass is 14.9. The molecule has 0 radical (unpaired) electrons. The molecule has 0 heterocycles. The zero-order valence-corrected chi connectivity index (χ0v) is 14.2. The maximum Gasteiger partial charge on any atom is 0.0793 e. The maximum absolute atomic E-state index is 7.98. The third-order valence-electron chi connectivity index (χ3n) is 3.83. The first kappa shape index (κ1) is 19.4. The Morgan fingerprint density at radius 1 is 1.24 bits per heavy atom. The molecule has 0 aliphatic heterocycles. The van der Waals surface area contributed by atoms with Gasteiger partial charge in [0.25, 0.3) is 0 Å². The summed E-state index contributed by atoms with van der Waals surface area (Å²) in [4.78, 5) is 0. The van der Waals surface area contributed by atoms with Gasteiger partial charge in [0.05, 0.1) is 6.34 Å². The van der Waals surface area contributed by atoms with E-state index in [-0.39, 0.29) is 0 Å². The molecule has 0 aromatic carbocycles. The summed E-state index contributed by atoms with van der Waals surface area (Å²) < 4.78 is 0. The van der Waals surface area contributed by atoms with Gasteiger partial charge < -0.3 is 10.7 Å². The van der Waals surface area contributed by atoms with Crippen LogP contribution in [0.4, 0.5) is 0 Å². The highest BCUT2D eigenvalue weighted by Gasteiger charge is 2.05. The molecule has 0 aliphatic carbocycles. The van der Waals surface area contributed by atoms with Crippen molar-refractivity contribution in [2.75, 3.05) is 6.54 Å². The fourth-order valence-electron chi connectivity index (χ4n) is 1.92. The predicted molar refractivity (Wildman–Crippen MR) is 94.5 cm³/mol. The van der Waals surface area contributed by atoms with Crippen molar-refractivity contribution in [3.63, 3.8) is 0 Å². The summed E-state index contributed by atoms with van der Waals surface area (Å²) in [6, 6.07) is 0. The molecule has 1 atom stereocenters. The van der Waals surface area contributed by atoms with Gasteiger partial charge in [0.15, 0.2) is 0 Å². The van der Waals surface area contributed by atoms with Crippen LogP contribution in [-0.2, 0) is 0 Å². The zero-order valence-electron chi connectivity index (χ0n) is 14.2. The van der Waals surface area contributed by atoms with E-state index in [1.54, 1.807) is 0 Å². The van der Waals surface area contributed by atoms with Crippen LogP contribution in [0.5, 0.6) is 0 Å². The Labute approximate surface area is 130 Å². The van der Waals surface area contributed by atoms with Gasteiger partial charge in [-0.25, -0.2) is 0 Å². The molecule has 21 heavy (non-hydrogen) atoms. The number of nitrogens with one attached hydrogen (secondary N) is 3. The Morgan fingerprint density at radius 2 is 1.90 bits per heavy atom. The molecule has 1 unspecified atom stereocenters. The number of rotatable bonds is 10. The molecular formula is C18H31N3. The Balaban J connectivity index is 4.74. The minimum Gasteiger partial charge on any atom is -0.373 e. The molecule has 0 rings (SSSR count). The van der Waals surface area contributed by atoms with E-state index in [0.717, 1.165) is 30.5 Å². The van der Waals surface area contributed by atoms with Gasteiger partial charge in [0.2, 0.25) is 0 Å². The van der Waals surface area contributed by atoms with Crippen molar-refractivity contribution >= 4 is 12.1 Å². The second-order valence-corrected chi connectivity index (χ2v) is 5.51. The van der Waals surface area contributed by atoms with E-state index in [2.05, 4.69) is 38.2 Å². The van der Waals surface area contributed by atoms with E-state index >= 15 is 0 Å². The average molecular weight is 289 g/mol. The van der Waals surface area contributed by atoms with Crippen LogP contribution in [0.1, 0.15) is 53.9 Å². The first-order valence-corrected chi connectivity index (χ1v) is 7.76. The van der Waals surface area contributed by atoms with Crippen molar-refractivity contribution in [2.24, 2.45) is 5.92 Å². The summed E-state index contributed by atoms with van der Waals surface area (Å²) in [6.07, 6.45) is 10.5. The third kappa shape index (κ3) is 8.28. The Hall–Kier alpha value is -1.64. The van der Waals surface area contributed by atoms with Crippen LogP contribution in [0.2, 0.25) is 0 Å². The number of hydrogen-bond acceptors (Lipinski definition) is 2. The molecule has 0 saturated carbocycles. The van der Waals surface area contributed by atoms with Crippen LogP contribution in [0, 0.1) is 16.7 Å². The summed E-state index contributed by atoms with van der Waals surface area (Å²) in [5, 5.41) is 17.9. The lowest BCUT2D eigenvalue weighted by atomic mass is 9.94. The lowest BCUT2D eigenvalue weighted by Gasteiger charge is -2.13. The normalized spacial score (nSPS) is 14.8. The highest BCUT2D eigenvalue weighted by Crippen LogP contribution is 2.19. The van der Waals surface area contributed by atoms with Crippen molar-refractivity contribution in [3.05, 3.63) is 34.9 Å². The molecule has 0 fully saturated rings. The standard InChI is InChI=1S/C18H31N3/c1-6-15(4)17(10-11-21-13-19)12-14(3)8-9-18(20)16(5)7-2/h7,10,12-13,15,20H,6,8-9,11H2,1-5H3,(H2,19,21)/b14-12+,16-7-,17-10+,20-18?. The van der Waals surface area contributed by atoms with Gasteiger partial charge in [-0.15, -0.1) is 0 Å². The van der Waals surface area contributed by atoms with Gasteiger partial charge in [-0.1, -0.05) is 37.6 Å². The largest absolute Gasteiger partial charge is 0.373 e. The van der Waals surface area contributed by atoms with Gasteiger partial charge in [0, 0.05) is 12.3 Å². The summed E-state index contributed by atoms with van der Waals surface area (Å²) in [5.41, 5.74) is 4.42. The lowest BCUT2D eigenvalue weighted by molar-refractivity contribution is 0.665. The fourth-order valence-corrected chi connectivity index (χ4v) is 1.92. The molecule has 3 heteroatoms. The van der Waals surface area contributed by atoms with Gasteiger partial charge in [0.1, 0.15) is 0 Å². The Kier molecular flexibility index (Phi) is 10.2. The van der Waals surface area contributed by atoms with Crippen LogP contribution in [-0.4, -0.2) is 18.6 Å². The van der Waals surface area contributed by atoms with E-state index in [1.165, 1.54) is 17.5 Å². The molecule has 0 aromatic rings. The molecule has 0 aromatic heterocycles. The van der Waals surface area contributed by atoms with E-state index in [4.69, 9.17) is 10.8 Å². The maximum atomic E-state index is 7.98. The van der Waals surface area contributed by atoms with Gasteiger partial charge in [-0.05, 0) is 57.1 Å². The zero-order chi connectivity index (χ0) is 16.3. The van der Waals surface area contributed by atoms with Gasteiger partial charge in [-0.3, -0.25) is 5.41 Å². The van der Waals surface area contributed by atoms with Crippen LogP contribution in [0.15, 0.2) is 34.9 Å². The van der Waals surface area contributed by atoms with Crippen LogP contribution < -0.4 is 5.32 Å². The number of hydrogen-bond donors (Lipinski definition) is 3. The molecular weight excluding hydrogens is 258 g/mol. The molecule has 0 aliphatic rings. The SMILES string of the molecule is C/C=C(/C)C(=N)CC/C(C)=C/C(=C\CNC=N)C(C)CC. The van der Waals surface area contributed by atoms with Crippen LogP contribution >= 0.6 is 0 Å². The summed E-state index contributed by atoms with van der Waals surface area (Å²) >= 11 is 0. The quantitative estimate of drug-likeness (QED) is 0.228. The third-order valence-corrected chi connectivity index (χ3v) is 3.83.